The second kappa shape index (κ2) is 6.70. The summed E-state index contributed by atoms with van der Waals surface area (Å²) in [5.41, 5.74) is 0. The van der Waals surface area contributed by atoms with Gasteiger partial charge in [-0.3, -0.25) is 4.90 Å². The van der Waals surface area contributed by atoms with E-state index >= 15 is 0 Å². The first-order valence-corrected chi connectivity index (χ1v) is 5.99. The van der Waals surface area contributed by atoms with Gasteiger partial charge >= 0.3 is 6.03 Å². The van der Waals surface area contributed by atoms with Crippen LogP contribution in [0.3, 0.4) is 0 Å². The lowest BCUT2D eigenvalue weighted by Gasteiger charge is -2.26. The molecule has 0 aromatic heterocycles. The minimum Gasteiger partial charge on any atom is -0.335 e. The molecule has 1 aliphatic heterocycles. The highest BCUT2D eigenvalue weighted by Gasteiger charge is 2.32. The van der Waals surface area contributed by atoms with Crippen molar-refractivity contribution in [2.75, 3.05) is 19.8 Å². The second-order valence-corrected chi connectivity index (χ2v) is 4.05. The number of hydrogen-bond donors (Lipinski definition) is 1. The van der Waals surface area contributed by atoms with E-state index in [0.717, 1.165) is 12.8 Å². The van der Waals surface area contributed by atoms with Gasteiger partial charge in [0.15, 0.2) is 0 Å². The van der Waals surface area contributed by atoms with Gasteiger partial charge in [0.05, 0.1) is 13.2 Å². The van der Waals surface area contributed by atoms with E-state index in [9.17, 15) is 4.79 Å². The van der Waals surface area contributed by atoms with Gasteiger partial charge < -0.3 is 14.8 Å². The van der Waals surface area contributed by atoms with Gasteiger partial charge in [-0.2, -0.15) is 0 Å². The Kier molecular flexibility index (Phi) is 5.55. The summed E-state index contributed by atoms with van der Waals surface area (Å²) in [6.07, 6.45) is 1.29. The van der Waals surface area contributed by atoms with Crippen LogP contribution in [0.2, 0.25) is 0 Å². The summed E-state index contributed by atoms with van der Waals surface area (Å²) >= 11 is 0. The fourth-order valence-corrected chi connectivity index (χ4v) is 1.56. The summed E-state index contributed by atoms with van der Waals surface area (Å²) in [5.74, 6) is 0. The van der Waals surface area contributed by atoms with Gasteiger partial charge in [0.1, 0.15) is 0 Å². The predicted octanol–water partition coefficient (Wildman–Crippen LogP) is 1.54. The van der Waals surface area contributed by atoms with Crippen molar-refractivity contribution in [3.05, 3.63) is 0 Å². The van der Waals surface area contributed by atoms with Gasteiger partial charge in [0, 0.05) is 12.6 Å². The molecule has 16 heavy (non-hydrogen) atoms. The number of amides is 2. The van der Waals surface area contributed by atoms with Crippen molar-refractivity contribution < 1.29 is 14.3 Å². The van der Waals surface area contributed by atoms with Crippen LogP contribution in [0.15, 0.2) is 0 Å². The summed E-state index contributed by atoms with van der Waals surface area (Å²) < 4.78 is 11.1. The van der Waals surface area contributed by atoms with Crippen LogP contribution in [-0.2, 0) is 9.47 Å². The van der Waals surface area contributed by atoms with E-state index in [1.54, 1.807) is 4.90 Å². The SMILES string of the molecule is CCCOC(OCCC)N1CC(C)NC1=O. The van der Waals surface area contributed by atoms with Crippen LogP contribution in [0.5, 0.6) is 0 Å². The molecule has 1 heterocycles. The second-order valence-electron chi connectivity index (χ2n) is 4.05. The van der Waals surface area contributed by atoms with Crippen LogP contribution < -0.4 is 5.32 Å². The normalized spacial score (nSPS) is 20.6. The first-order valence-electron chi connectivity index (χ1n) is 5.99. The Morgan fingerprint density at radius 3 is 2.31 bits per heavy atom. The molecule has 1 unspecified atom stereocenters. The monoisotopic (exact) mass is 230 g/mol. The summed E-state index contributed by atoms with van der Waals surface area (Å²) in [6, 6.07) is 0.0511. The molecule has 0 aliphatic carbocycles. The van der Waals surface area contributed by atoms with E-state index in [1.807, 2.05) is 20.8 Å². The molecule has 0 aromatic carbocycles. The number of hydrogen-bond acceptors (Lipinski definition) is 3. The van der Waals surface area contributed by atoms with Gasteiger partial charge in [-0.05, 0) is 19.8 Å². The molecular weight excluding hydrogens is 208 g/mol. The van der Waals surface area contributed by atoms with Crippen molar-refractivity contribution in [3.63, 3.8) is 0 Å². The molecule has 5 heteroatoms. The highest BCUT2D eigenvalue weighted by atomic mass is 16.7. The summed E-state index contributed by atoms with van der Waals surface area (Å²) in [5, 5.41) is 2.83. The summed E-state index contributed by atoms with van der Waals surface area (Å²) in [4.78, 5) is 13.2. The van der Waals surface area contributed by atoms with E-state index < -0.39 is 6.41 Å². The van der Waals surface area contributed by atoms with Crippen molar-refractivity contribution >= 4 is 6.03 Å². The van der Waals surface area contributed by atoms with Gasteiger partial charge in [0.25, 0.3) is 0 Å². The maximum atomic E-state index is 11.6. The minimum atomic E-state index is -0.537. The van der Waals surface area contributed by atoms with Crippen LogP contribution in [-0.4, -0.2) is 43.1 Å². The van der Waals surface area contributed by atoms with E-state index in [1.165, 1.54) is 0 Å². The number of carbonyl (C=O) groups is 1. The van der Waals surface area contributed by atoms with Crippen molar-refractivity contribution in [1.82, 2.24) is 10.2 Å². The average molecular weight is 230 g/mol. The molecule has 1 fully saturated rings. The number of nitrogens with one attached hydrogen (secondary N) is 1. The smallest absolute Gasteiger partial charge is 0.321 e. The molecule has 1 N–H and O–H groups in total. The van der Waals surface area contributed by atoms with E-state index in [0.29, 0.717) is 19.8 Å². The third-order valence-electron chi connectivity index (χ3n) is 2.28. The molecule has 0 aromatic rings. The molecule has 94 valence electrons. The number of nitrogens with zero attached hydrogens (tertiary/aromatic N) is 1. The Balaban J connectivity index is 2.49. The maximum Gasteiger partial charge on any atom is 0.321 e. The topological polar surface area (TPSA) is 50.8 Å². The number of rotatable bonds is 7. The third kappa shape index (κ3) is 3.64. The highest BCUT2D eigenvalue weighted by Crippen LogP contribution is 2.11. The van der Waals surface area contributed by atoms with E-state index in [4.69, 9.17) is 9.47 Å². The van der Waals surface area contributed by atoms with Crippen molar-refractivity contribution in [2.24, 2.45) is 0 Å². The van der Waals surface area contributed by atoms with Crippen LogP contribution in [0, 0.1) is 0 Å². The first-order chi connectivity index (χ1) is 7.69. The Morgan fingerprint density at radius 1 is 1.38 bits per heavy atom. The zero-order chi connectivity index (χ0) is 12.0. The summed E-state index contributed by atoms with van der Waals surface area (Å²) in [6.45, 7) is 7.87. The molecule has 1 rings (SSSR count). The molecule has 1 atom stereocenters. The van der Waals surface area contributed by atoms with Gasteiger partial charge in [-0.15, -0.1) is 0 Å². The Morgan fingerprint density at radius 2 is 1.94 bits per heavy atom. The van der Waals surface area contributed by atoms with E-state index in [-0.39, 0.29) is 12.1 Å². The molecule has 0 bridgehead atoms. The molecule has 2 amide bonds. The fourth-order valence-electron chi connectivity index (χ4n) is 1.56. The van der Waals surface area contributed by atoms with Gasteiger partial charge in [0.2, 0.25) is 6.41 Å². The lowest BCUT2D eigenvalue weighted by molar-refractivity contribution is -0.204. The van der Waals surface area contributed by atoms with Crippen LogP contribution >= 0.6 is 0 Å². The quantitative estimate of drug-likeness (QED) is 0.675. The highest BCUT2D eigenvalue weighted by molar-refractivity contribution is 5.76. The first kappa shape index (κ1) is 13.3. The van der Waals surface area contributed by atoms with Crippen molar-refractivity contribution in [3.8, 4) is 0 Å². The standard InChI is InChI=1S/C11H22N2O3/c1-4-6-15-11(16-7-5-2)13-8-9(3)12-10(13)14/h9,11H,4-8H2,1-3H3,(H,12,14). The lowest BCUT2D eigenvalue weighted by Crippen LogP contribution is -2.42. The zero-order valence-corrected chi connectivity index (χ0v) is 10.4. The van der Waals surface area contributed by atoms with Gasteiger partial charge in [-0.25, -0.2) is 4.79 Å². The number of ether oxygens (including phenoxy) is 2. The molecular formula is C11H22N2O3. The number of carbonyl (C=O) groups excluding carboxylic acids is 1. The molecule has 0 spiro atoms. The number of urea groups is 1. The summed E-state index contributed by atoms with van der Waals surface area (Å²) in [7, 11) is 0. The molecule has 1 saturated heterocycles. The largest absolute Gasteiger partial charge is 0.335 e. The Bertz CT molecular complexity index is 215. The fraction of sp³-hybridized carbons (Fsp3) is 0.909. The maximum absolute atomic E-state index is 11.6. The average Bonchev–Trinajstić information content (AvgIpc) is 2.58. The van der Waals surface area contributed by atoms with Gasteiger partial charge in [-0.1, -0.05) is 13.8 Å². The lowest BCUT2D eigenvalue weighted by atomic mass is 10.4. The predicted molar refractivity (Wildman–Crippen MR) is 61.0 cm³/mol. The minimum absolute atomic E-state index is 0.107. The van der Waals surface area contributed by atoms with Crippen molar-refractivity contribution in [1.29, 1.82) is 0 Å². The zero-order valence-electron chi connectivity index (χ0n) is 10.4. The third-order valence-corrected chi connectivity index (χ3v) is 2.28. The van der Waals surface area contributed by atoms with E-state index in [2.05, 4.69) is 5.32 Å². The van der Waals surface area contributed by atoms with Crippen LogP contribution in [0.25, 0.3) is 0 Å². The molecule has 0 radical (unpaired) electrons. The van der Waals surface area contributed by atoms with Crippen molar-refractivity contribution in [2.45, 2.75) is 46.1 Å². The molecule has 1 aliphatic rings. The van der Waals surface area contributed by atoms with Crippen LogP contribution in [0.1, 0.15) is 33.6 Å². The van der Waals surface area contributed by atoms with Crippen LogP contribution in [0.4, 0.5) is 4.79 Å². The Hall–Kier alpha value is -0.810. The molecule has 5 nitrogen and oxygen atoms in total. The molecule has 0 saturated carbocycles. The Labute approximate surface area is 97.1 Å².